The molecule has 0 bridgehead atoms. The summed E-state index contributed by atoms with van der Waals surface area (Å²) in [4.78, 5) is 16.0. The van der Waals surface area contributed by atoms with E-state index in [1.165, 1.54) is 5.56 Å². The molecule has 1 fully saturated rings. The van der Waals surface area contributed by atoms with Crippen LogP contribution in [0.2, 0.25) is 0 Å². The van der Waals surface area contributed by atoms with Gasteiger partial charge in [-0.2, -0.15) is 0 Å². The number of hydrogen-bond acceptors (Lipinski definition) is 4. The van der Waals surface area contributed by atoms with Gasteiger partial charge in [0.05, 0.1) is 6.61 Å². The summed E-state index contributed by atoms with van der Waals surface area (Å²) in [5, 5.41) is 0. The van der Waals surface area contributed by atoms with Crippen molar-refractivity contribution in [1.29, 1.82) is 0 Å². The third-order valence-corrected chi connectivity index (χ3v) is 4.60. The average molecular weight is 348 g/mol. The minimum atomic E-state index is 0.0872. The van der Waals surface area contributed by atoms with Gasteiger partial charge >= 0.3 is 0 Å². The number of amides is 1. The Morgan fingerprint density at radius 1 is 1.08 bits per heavy atom. The van der Waals surface area contributed by atoms with Crippen LogP contribution in [0.3, 0.4) is 0 Å². The van der Waals surface area contributed by atoms with Gasteiger partial charge in [-0.15, -0.1) is 0 Å². The summed E-state index contributed by atoms with van der Waals surface area (Å²) in [7, 11) is 1.56. The Balaban J connectivity index is 1.63. The summed E-state index contributed by atoms with van der Waals surface area (Å²) in [6, 6.07) is 8.40. The molecule has 0 saturated carbocycles. The van der Waals surface area contributed by atoms with Crippen LogP contribution >= 0.6 is 0 Å². The van der Waals surface area contributed by atoms with Crippen LogP contribution < -0.4 is 4.74 Å². The Kier molecular flexibility index (Phi) is 7.26. The van der Waals surface area contributed by atoms with Crippen molar-refractivity contribution in [2.75, 3.05) is 53.0 Å². The van der Waals surface area contributed by atoms with E-state index in [4.69, 9.17) is 9.47 Å². The van der Waals surface area contributed by atoms with E-state index in [2.05, 4.69) is 49.9 Å². The molecule has 5 heteroatoms. The van der Waals surface area contributed by atoms with Gasteiger partial charge in [-0.05, 0) is 29.5 Å². The summed E-state index contributed by atoms with van der Waals surface area (Å²) in [6.07, 6.45) is 0.993. The van der Waals surface area contributed by atoms with E-state index in [-0.39, 0.29) is 17.9 Å². The van der Waals surface area contributed by atoms with Crippen molar-refractivity contribution in [2.45, 2.75) is 32.6 Å². The lowest BCUT2D eigenvalue weighted by Crippen LogP contribution is -2.49. The summed E-state index contributed by atoms with van der Waals surface area (Å²) >= 11 is 0. The van der Waals surface area contributed by atoms with Crippen LogP contribution in [0.25, 0.3) is 0 Å². The van der Waals surface area contributed by atoms with E-state index in [0.717, 1.165) is 51.5 Å². The van der Waals surface area contributed by atoms with E-state index in [1.54, 1.807) is 7.11 Å². The second kappa shape index (κ2) is 9.20. The van der Waals surface area contributed by atoms with Gasteiger partial charge in [0.15, 0.2) is 0 Å². The topological polar surface area (TPSA) is 42.0 Å². The molecule has 1 heterocycles. The Hall–Kier alpha value is -1.59. The first kappa shape index (κ1) is 19.7. The first-order chi connectivity index (χ1) is 11.9. The zero-order valence-electron chi connectivity index (χ0n) is 16.1. The maximum absolute atomic E-state index is 11.8. The van der Waals surface area contributed by atoms with Crippen LogP contribution in [0, 0.1) is 0 Å². The highest BCUT2D eigenvalue weighted by Crippen LogP contribution is 2.24. The zero-order chi connectivity index (χ0) is 18.3. The Morgan fingerprint density at radius 3 is 2.28 bits per heavy atom. The fourth-order valence-electron chi connectivity index (χ4n) is 2.96. The monoisotopic (exact) mass is 348 g/mol. The summed E-state index contributed by atoms with van der Waals surface area (Å²) in [6.45, 7) is 12.0. The van der Waals surface area contributed by atoms with Crippen LogP contribution in [0.5, 0.6) is 5.75 Å². The lowest BCUT2D eigenvalue weighted by molar-refractivity contribution is -0.136. The standard InChI is InChI=1S/C20H32N2O3/c1-20(2,3)17-6-8-18(9-7-17)25-15-5-10-21-11-13-22(14-12-21)19(23)16-24-4/h6-9H,5,10-16H2,1-4H3. The van der Waals surface area contributed by atoms with Crippen LogP contribution in [0.15, 0.2) is 24.3 Å². The molecular formula is C20H32N2O3. The quantitative estimate of drug-likeness (QED) is 0.710. The van der Waals surface area contributed by atoms with Crippen LogP contribution in [0.4, 0.5) is 0 Å². The molecule has 1 aliphatic heterocycles. The second-order valence-corrected chi connectivity index (χ2v) is 7.63. The van der Waals surface area contributed by atoms with Gasteiger partial charge in [-0.25, -0.2) is 0 Å². The highest BCUT2D eigenvalue weighted by molar-refractivity contribution is 5.77. The molecule has 0 atom stereocenters. The third kappa shape index (κ3) is 6.33. The van der Waals surface area contributed by atoms with Gasteiger partial charge in [-0.1, -0.05) is 32.9 Å². The molecule has 2 rings (SSSR count). The molecule has 1 aromatic carbocycles. The second-order valence-electron chi connectivity index (χ2n) is 7.63. The van der Waals surface area contributed by atoms with E-state index >= 15 is 0 Å². The number of piperazine rings is 1. The molecule has 0 radical (unpaired) electrons. The predicted octanol–water partition coefficient (Wildman–Crippen LogP) is 2.54. The van der Waals surface area contributed by atoms with Gasteiger partial charge in [-0.3, -0.25) is 9.69 Å². The summed E-state index contributed by atoms with van der Waals surface area (Å²) in [5.74, 6) is 1.02. The molecule has 1 aromatic rings. The maximum atomic E-state index is 11.8. The first-order valence-electron chi connectivity index (χ1n) is 9.12. The molecule has 5 nitrogen and oxygen atoms in total. The van der Waals surface area contributed by atoms with Crippen molar-refractivity contribution in [3.05, 3.63) is 29.8 Å². The SMILES string of the molecule is COCC(=O)N1CCN(CCCOc2ccc(C(C)(C)C)cc2)CC1. The van der Waals surface area contributed by atoms with Gasteiger partial charge < -0.3 is 14.4 Å². The van der Waals surface area contributed by atoms with Crippen LogP contribution in [-0.4, -0.2) is 68.8 Å². The largest absolute Gasteiger partial charge is 0.494 e. The predicted molar refractivity (Wildman–Crippen MR) is 100 cm³/mol. The molecule has 0 spiro atoms. The Labute approximate surface area is 151 Å². The van der Waals surface area contributed by atoms with E-state index < -0.39 is 0 Å². The molecule has 0 N–H and O–H groups in total. The Morgan fingerprint density at radius 2 is 1.72 bits per heavy atom. The molecule has 140 valence electrons. The third-order valence-electron chi connectivity index (χ3n) is 4.60. The van der Waals surface area contributed by atoms with Crippen molar-refractivity contribution in [3.63, 3.8) is 0 Å². The lowest BCUT2D eigenvalue weighted by atomic mass is 9.87. The van der Waals surface area contributed by atoms with Crippen molar-refractivity contribution >= 4 is 5.91 Å². The normalized spacial score (nSPS) is 16.1. The number of hydrogen-bond donors (Lipinski definition) is 0. The number of carbonyl (C=O) groups is 1. The maximum Gasteiger partial charge on any atom is 0.248 e. The minimum Gasteiger partial charge on any atom is -0.494 e. The van der Waals surface area contributed by atoms with E-state index in [9.17, 15) is 4.79 Å². The molecule has 1 amide bonds. The fourth-order valence-corrected chi connectivity index (χ4v) is 2.96. The molecule has 1 aliphatic rings. The lowest BCUT2D eigenvalue weighted by Gasteiger charge is -2.34. The van der Waals surface area contributed by atoms with Crippen molar-refractivity contribution in [1.82, 2.24) is 9.80 Å². The molecule has 0 unspecified atom stereocenters. The van der Waals surface area contributed by atoms with Crippen molar-refractivity contribution < 1.29 is 14.3 Å². The Bertz CT molecular complexity index is 529. The van der Waals surface area contributed by atoms with Gasteiger partial charge in [0, 0.05) is 39.8 Å². The van der Waals surface area contributed by atoms with Crippen LogP contribution in [0.1, 0.15) is 32.8 Å². The number of carbonyl (C=O) groups excluding carboxylic acids is 1. The molecule has 0 aliphatic carbocycles. The van der Waals surface area contributed by atoms with Crippen LogP contribution in [-0.2, 0) is 14.9 Å². The van der Waals surface area contributed by atoms with Crippen molar-refractivity contribution in [2.24, 2.45) is 0 Å². The average Bonchev–Trinajstić information content (AvgIpc) is 2.59. The van der Waals surface area contributed by atoms with E-state index in [0.29, 0.717) is 0 Å². The smallest absolute Gasteiger partial charge is 0.248 e. The summed E-state index contributed by atoms with van der Waals surface area (Å²) in [5.41, 5.74) is 1.49. The molecule has 0 aromatic heterocycles. The zero-order valence-corrected chi connectivity index (χ0v) is 16.1. The number of benzene rings is 1. The van der Waals surface area contributed by atoms with Gasteiger partial charge in [0.2, 0.25) is 5.91 Å². The first-order valence-corrected chi connectivity index (χ1v) is 9.12. The molecular weight excluding hydrogens is 316 g/mol. The number of methoxy groups -OCH3 is 1. The minimum absolute atomic E-state index is 0.0872. The van der Waals surface area contributed by atoms with Crippen molar-refractivity contribution in [3.8, 4) is 5.75 Å². The number of rotatable bonds is 7. The fraction of sp³-hybridized carbons (Fsp3) is 0.650. The highest BCUT2D eigenvalue weighted by atomic mass is 16.5. The molecule has 1 saturated heterocycles. The van der Waals surface area contributed by atoms with E-state index in [1.807, 2.05) is 4.90 Å². The number of ether oxygens (including phenoxy) is 2. The van der Waals surface area contributed by atoms with Gasteiger partial charge in [0.1, 0.15) is 12.4 Å². The molecule has 25 heavy (non-hydrogen) atoms. The van der Waals surface area contributed by atoms with Gasteiger partial charge in [0.25, 0.3) is 0 Å². The summed E-state index contributed by atoms with van der Waals surface area (Å²) < 4.78 is 10.8. The highest BCUT2D eigenvalue weighted by Gasteiger charge is 2.20. The number of nitrogens with zero attached hydrogens (tertiary/aromatic N) is 2.